The van der Waals surface area contributed by atoms with Gasteiger partial charge in [-0.05, 0) is 25.5 Å². The van der Waals surface area contributed by atoms with Crippen LogP contribution in [0.4, 0.5) is 0 Å². The van der Waals surface area contributed by atoms with E-state index in [1.54, 1.807) is 13.1 Å². The van der Waals surface area contributed by atoms with Gasteiger partial charge in [0.05, 0.1) is 13.0 Å². The van der Waals surface area contributed by atoms with Gasteiger partial charge in [0.25, 0.3) is 0 Å². The molecule has 0 saturated heterocycles. The third kappa shape index (κ3) is 3.68. The standard InChI is InChI=1S/C15H17N3O3/c1-3-21-15(20)10(2)17-18-14(19)8-11-9-16-13-7-5-4-6-12(11)13/h4-7,9,16H,3,8H2,1-2H3,(H,18,19). The van der Waals surface area contributed by atoms with E-state index in [0.29, 0.717) is 0 Å². The second-order valence-corrected chi connectivity index (χ2v) is 4.49. The smallest absolute Gasteiger partial charge is 0.354 e. The van der Waals surface area contributed by atoms with Gasteiger partial charge in [-0.1, -0.05) is 18.2 Å². The van der Waals surface area contributed by atoms with Crippen LogP contribution in [0.3, 0.4) is 0 Å². The highest BCUT2D eigenvalue weighted by Gasteiger charge is 2.10. The molecule has 2 rings (SSSR count). The molecule has 0 aliphatic carbocycles. The van der Waals surface area contributed by atoms with E-state index in [-0.39, 0.29) is 24.6 Å². The van der Waals surface area contributed by atoms with E-state index < -0.39 is 5.97 Å². The van der Waals surface area contributed by atoms with Gasteiger partial charge in [0, 0.05) is 17.1 Å². The van der Waals surface area contributed by atoms with E-state index >= 15 is 0 Å². The summed E-state index contributed by atoms with van der Waals surface area (Å²) in [5, 5.41) is 4.73. The Kier molecular flexibility index (Phi) is 4.71. The Morgan fingerprint density at radius 2 is 2.10 bits per heavy atom. The number of aromatic nitrogens is 1. The molecule has 2 aromatic rings. The van der Waals surface area contributed by atoms with Crippen molar-refractivity contribution >= 4 is 28.5 Å². The van der Waals surface area contributed by atoms with Crippen LogP contribution in [0.2, 0.25) is 0 Å². The van der Waals surface area contributed by atoms with Crippen LogP contribution in [-0.4, -0.2) is 29.2 Å². The number of hydrazone groups is 1. The molecule has 6 nitrogen and oxygen atoms in total. The molecule has 110 valence electrons. The maximum absolute atomic E-state index is 11.9. The fourth-order valence-electron chi connectivity index (χ4n) is 1.92. The first-order valence-corrected chi connectivity index (χ1v) is 6.67. The molecule has 0 atom stereocenters. The first-order valence-electron chi connectivity index (χ1n) is 6.67. The van der Waals surface area contributed by atoms with Crippen LogP contribution in [0.25, 0.3) is 10.9 Å². The van der Waals surface area contributed by atoms with Crippen LogP contribution in [0, 0.1) is 0 Å². The topological polar surface area (TPSA) is 83.5 Å². The zero-order valence-corrected chi connectivity index (χ0v) is 12.0. The SMILES string of the molecule is CCOC(=O)C(C)=NNC(=O)Cc1c[nH]c2ccccc12. The molecule has 6 heteroatoms. The number of para-hydroxylation sites is 1. The summed E-state index contributed by atoms with van der Waals surface area (Å²) >= 11 is 0. The molecule has 0 unspecified atom stereocenters. The number of benzene rings is 1. The van der Waals surface area contributed by atoms with E-state index in [9.17, 15) is 9.59 Å². The average Bonchev–Trinajstić information content (AvgIpc) is 2.88. The Morgan fingerprint density at radius 1 is 1.33 bits per heavy atom. The number of amides is 1. The predicted molar refractivity (Wildman–Crippen MR) is 79.9 cm³/mol. The second kappa shape index (κ2) is 6.69. The number of aromatic amines is 1. The molecule has 1 amide bonds. The van der Waals surface area contributed by atoms with Crippen LogP contribution < -0.4 is 5.43 Å². The van der Waals surface area contributed by atoms with Gasteiger partial charge in [0.15, 0.2) is 0 Å². The summed E-state index contributed by atoms with van der Waals surface area (Å²) in [6.45, 7) is 3.47. The quantitative estimate of drug-likeness (QED) is 0.499. The number of ether oxygens (including phenoxy) is 1. The number of hydrogen-bond acceptors (Lipinski definition) is 4. The maximum Gasteiger partial charge on any atom is 0.354 e. The molecule has 0 spiro atoms. The number of nitrogens with zero attached hydrogens (tertiary/aromatic N) is 1. The van der Waals surface area contributed by atoms with Crippen molar-refractivity contribution in [2.45, 2.75) is 20.3 Å². The van der Waals surface area contributed by atoms with Gasteiger partial charge in [-0.3, -0.25) is 4.79 Å². The highest BCUT2D eigenvalue weighted by atomic mass is 16.5. The van der Waals surface area contributed by atoms with Crippen molar-refractivity contribution in [3.8, 4) is 0 Å². The van der Waals surface area contributed by atoms with E-state index in [4.69, 9.17) is 4.74 Å². The Labute approximate surface area is 122 Å². The Hall–Kier alpha value is -2.63. The maximum atomic E-state index is 11.9. The summed E-state index contributed by atoms with van der Waals surface area (Å²) in [5.41, 5.74) is 4.33. The van der Waals surface area contributed by atoms with Crippen LogP contribution in [0.5, 0.6) is 0 Å². The summed E-state index contributed by atoms with van der Waals surface area (Å²) in [4.78, 5) is 26.3. The Bertz CT molecular complexity index is 688. The van der Waals surface area contributed by atoms with Gasteiger partial charge >= 0.3 is 5.97 Å². The first-order chi connectivity index (χ1) is 10.1. The molecule has 1 aromatic heterocycles. The summed E-state index contributed by atoms with van der Waals surface area (Å²) in [5.74, 6) is -0.826. The molecular weight excluding hydrogens is 270 g/mol. The van der Waals surface area contributed by atoms with Crippen molar-refractivity contribution in [3.63, 3.8) is 0 Å². The van der Waals surface area contributed by atoms with Gasteiger partial charge in [-0.2, -0.15) is 5.10 Å². The molecule has 2 N–H and O–H groups in total. The third-order valence-corrected chi connectivity index (χ3v) is 2.95. The van der Waals surface area contributed by atoms with Crippen LogP contribution in [0.1, 0.15) is 19.4 Å². The summed E-state index contributed by atoms with van der Waals surface area (Å²) in [7, 11) is 0. The lowest BCUT2D eigenvalue weighted by Gasteiger charge is -2.02. The van der Waals surface area contributed by atoms with Gasteiger partial charge < -0.3 is 9.72 Å². The summed E-state index contributed by atoms with van der Waals surface area (Å²) in [6.07, 6.45) is 1.98. The van der Waals surface area contributed by atoms with Crippen LogP contribution in [-0.2, 0) is 20.7 Å². The lowest BCUT2D eigenvalue weighted by atomic mass is 10.1. The number of hydrogen-bond donors (Lipinski definition) is 2. The van der Waals surface area contributed by atoms with Crippen molar-refractivity contribution in [2.75, 3.05) is 6.61 Å². The fourth-order valence-corrected chi connectivity index (χ4v) is 1.92. The normalized spacial score (nSPS) is 11.4. The van der Waals surface area contributed by atoms with Crippen LogP contribution >= 0.6 is 0 Å². The second-order valence-electron chi connectivity index (χ2n) is 4.49. The fraction of sp³-hybridized carbons (Fsp3) is 0.267. The van der Waals surface area contributed by atoms with Crippen molar-refractivity contribution < 1.29 is 14.3 Å². The van der Waals surface area contributed by atoms with E-state index in [1.807, 2.05) is 24.3 Å². The minimum Gasteiger partial charge on any atom is -0.461 e. The zero-order chi connectivity index (χ0) is 15.2. The first kappa shape index (κ1) is 14.8. The van der Waals surface area contributed by atoms with Gasteiger partial charge in [0.1, 0.15) is 5.71 Å². The Balaban J connectivity index is 1.99. The number of fused-ring (bicyclic) bond motifs is 1. The predicted octanol–water partition coefficient (Wildman–Crippen LogP) is 1.77. The lowest BCUT2D eigenvalue weighted by molar-refractivity contribution is -0.135. The molecule has 0 fully saturated rings. The van der Waals surface area contributed by atoms with Gasteiger partial charge in [-0.15, -0.1) is 0 Å². The highest BCUT2D eigenvalue weighted by Crippen LogP contribution is 2.17. The number of carbonyl (C=O) groups excluding carboxylic acids is 2. The van der Waals surface area contributed by atoms with Gasteiger partial charge in [-0.25, -0.2) is 10.2 Å². The molecule has 21 heavy (non-hydrogen) atoms. The lowest BCUT2D eigenvalue weighted by Crippen LogP contribution is -2.24. The molecule has 0 bridgehead atoms. The van der Waals surface area contributed by atoms with Crippen molar-refractivity contribution in [3.05, 3.63) is 36.0 Å². The number of H-pyrrole nitrogens is 1. The minimum atomic E-state index is -0.537. The molecule has 0 aliphatic rings. The molecule has 0 saturated carbocycles. The molecular formula is C15H17N3O3. The van der Waals surface area contributed by atoms with Crippen molar-refractivity contribution in [1.82, 2.24) is 10.4 Å². The Morgan fingerprint density at radius 3 is 2.86 bits per heavy atom. The highest BCUT2D eigenvalue weighted by molar-refractivity contribution is 6.35. The summed E-state index contributed by atoms with van der Waals surface area (Å²) < 4.78 is 4.77. The zero-order valence-electron chi connectivity index (χ0n) is 12.0. The third-order valence-electron chi connectivity index (χ3n) is 2.95. The molecule has 0 radical (unpaired) electrons. The average molecular weight is 287 g/mol. The number of esters is 1. The molecule has 0 aliphatic heterocycles. The number of nitrogens with one attached hydrogen (secondary N) is 2. The monoisotopic (exact) mass is 287 g/mol. The van der Waals surface area contributed by atoms with E-state index in [2.05, 4.69) is 15.5 Å². The van der Waals surface area contributed by atoms with Crippen LogP contribution in [0.15, 0.2) is 35.6 Å². The van der Waals surface area contributed by atoms with Crippen molar-refractivity contribution in [1.29, 1.82) is 0 Å². The summed E-state index contributed by atoms with van der Waals surface area (Å²) in [6, 6.07) is 7.73. The molecule has 1 aromatic carbocycles. The largest absolute Gasteiger partial charge is 0.461 e. The van der Waals surface area contributed by atoms with Crippen molar-refractivity contribution in [2.24, 2.45) is 5.10 Å². The minimum absolute atomic E-state index is 0.115. The van der Waals surface area contributed by atoms with Gasteiger partial charge in [0.2, 0.25) is 5.91 Å². The molecule has 1 heterocycles. The van der Waals surface area contributed by atoms with E-state index in [0.717, 1.165) is 16.5 Å². The van der Waals surface area contributed by atoms with E-state index in [1.165, 1.54) is 6.92 Å². The number of carbonyl (C=O) groups is 2. The number of rotatable bonds is 5.